The molecular weight excluding hydrogens is 292 g/mol. The predicted octanol–water partition coefficient (Wildman–Crippen LogP) is 1.68. The molecular formula is C18H28N2O3. The second-order valence-corrected chi connectivity index (χ2v) is 6.41. The Morgan fingerprint density at radius 1 is 1.30 bits per heavy atom. The molecule has 5 nitrogen and oxygen atoms in total. The lowest BCUT2D eigenvalue weighted by atomic mass is 10.0. The van der Waals surface area contributed by atoms with E-state index in [1.807, 2.05) is 61.0 Å². The molecule has 1 heterocycles. The fraction of sp³-hybridized carbons (Fsp3) is 0.611. The van der Waals surface area contributed by atoms with Crippen molar-refractivity contribution in [2.45, 2.75) is 38.5 Å². The minimum absolute atomic E-state index is 0.0426. The van der Waals surface area contributed by atoms with Crippen LogP contribution >= 0.6 is 0 Å². The van der Waals surface area contributed by atoms with Gasteiger partial charge in [-0.05, 0) is 32.9 Å². The van der Waals surface area contributed by atoms with Gasteiger partial charge in [-0.3, -0.25) is 9.69 Å². The van der Waals surface area contributed by atoms with E-state index in [9.17, 15) is 9.90 Å². The molecule has 1 saturated heterocycles. The van der Waals surface area contributed by atoms with Gasteiger partial charge >= 0.3 is 0 Å². The van der Waals surface area contributed by atoms with Crippen molar-refractivity contribution in [3.05, 3.63) is 35.9 Å². The third kappa shape index (κ3) is 5.03. The highest BCUT2D eigenvalue weighted by Gasteiger charge is 2.27. The molecule has 0 aliphatic carbocycles. The van der Waals surface area contributed by atoms with Crippen LogP contribution in [0.5, 0.6) is 0 Å². The summed E-state index contributed by atoms with van der Waals surface area (Å²) in [6.45, 7) is 5.74. The fourth-order valence-electron chi connectivity index (χ4n) is 3.24. The molecule has 128 valence electrons. The monoisotopic (exact) mass is 320 g/mol. The summed E-state index contributed by atoms with van der Waals surface area (Å²) in [7, 11) is 1.94. The van der Waals surface area contributed by atoms with Crippen LogP contribution in [0.4, 0.5) is 0 Å². The largest absolute Gasteiger partial charge is 0.396 e. The van der Waals surface area contributed by atoms with Gasteiger partial charge in [-0.2, -0.15) is 0 Å². The number of ether oxygens (including phenoxy) is 1. The van der Waals surface area contributed by atoms with E-state index < -0.39 is 0 Å². The quantitative estimate of drug-likeness (QED) is 0.866. The second kappa shape index (κ2) is 8.43. The number of amides is 1. The van der Waals surface area contributed by atoms with Gasteiger partial charge in [-0.15, -0.1) is 0 Å². The summed E-state index contributed by atoms with van der Waals surface area (Å²) in [5.41, 5.74) is 1.13. The molecule has 23 heavy (non-hydrogen) atoms. The van der Waals surface area contributed by atoms with Crippen molar-refractivity contribution >= 4 is 5.91 Å². The second-order valence-electron chi connectivity index (χ2n) is 6.41. The third-order valence-corrected chi connectivity index (χ3v) is 4.28. The highest BCUT2D eigenvalue weighted by Crippen LogP contribution is 2.23. The van der Waals surface area contributed by atoms with Crippen molar-refractivity contribution < 1.29 is 14.6 Å². The maximum Gasteiger partial charge on any atom is 0.236 e. The van der Waals surface area contributed by atoms with Gasteiger partial charge in [0.05, 0.1) is 18.8 Å². The van der Waals surface area contributed by atoms with Crippen molar-refractivity contribution in [1.82, 2.24) is 9.80 Å². The average Bonchev–Trinajstić information content (AvgIpc) is 2.52. The molecule has 0 spiro atoms. The molecule has 3 atom stereocenters. The molecule has 1 aliphatic rings. The topological polar surface area (TPSA) is 53.0 Å². The maximum absolute atomic E-state index is 12.6. The molecule has 0 radical (unpaired) electrons. The SMILES string of the molecule is C[C@H]1CN(C(=O)CN(C)[C@@H](CCO)c2ccccc2)C[C@H](C)O1. The number of aliphatic hydroxyl groups excluding tert-OH is 1. The smallest absolute Gasteiger partial charge is 0.236 e. The number of carbonyl (C=O) groups is 1. The van der Waals surface area contributed by atoms with Gasteiger partial charge in [-0.25, -0.2) is 0 Å². The van der Waals surface area contributed by atoms with Crippen LogP contribution in [0, 0.1) is 0 Å². The Morgan fingerprint density at radius 2 is 1.91 bits per heavy atom. The van der Waals surface area contributed by atoms with Gasteiger partial charge in [0.1, 0.15) is 0 Å². The number of hydrogen-bond acceptors (Lipinski definition) is 4. The minimum Gasteiger partial charge on any atom is -0.396 e. The van der Waals surface area contributed by atoms with Crippen molar-refractivity contribution in [2.24, 2.45) is 0 Å². The van der Waals surface area contributed by atoms with Crippen molar-refractivity contribution in [3.63, 3.8) is 0 Å². The van der Waals surface area contributed by atoms with E-state index in [0.29, 0.717) is 26.1 Å². The van der Waals surface area contributed by atoms with E-state index in [4.69, 9.17) is 4.74 Å². The lowest BCUT2D eigenvalue weighted by molar-refractivity contribution is -0.144. The van der Waals surface area contributed by atoms with Gasteiger partial charge in [0.25, 0.3) is 0 Å². The Labute approximate surface area is 138 Å². The standard InChI is InChI=1S/C18H28N2O3/c1-14-11-20(12-15(2)23-14)18(22)13-19(3)17(9-10-21)16-7-5-4-6-8-16/h4-8,14-15,17,21H,9-13H2,1-3H3/t14-,15-,17-/m0/s1. The lowest BCUT2D eigenvalue weighted by Gasteiger charge is -2.37. The summed E-state index contributed by atoms with van der Waals surface area (Å²) in [6.07, 6.45) is 0.773. The molecule has 1 fully saturated rings. The van der Waals surface area contributed by atoms with Crippen molar-refractivity contribution in [1.29, 1.82) is 0 Å². The van der Waals surface area contributed by atoms with Crippen LogP contribution in [-0.2, 0) is 9.53 Å². The van der Waals surface area contributed by atoms with E-state index in [0.717, 1.165) is 5.56 Å². The Bertz CT molecular complexity index is 484. The molecule has 0 unspecified atom stereocenters. The molecule has 0 bridgehead atoms. The highest BCUT2D eigenvalue weighted by molar-refractivity contribution is 5.78. The summed E-state index contributed by atoms with van der Waals surface area (Å²) in [6, 6.07) is 10.1. The summed E-state index contributed by atoms with van der Waals surface area (Å²) in [5, 5.41) is 9.36. The van der Waals surface area contributed by atoms with Crippen LogP contribution in [0.2, 0.25) is 0 Å². The number of hydrogen-bond donors (Lipinski definition) is 1. The maximum atomic E-state index is 12.6. The van der Waals surface area contributed by atoms with E-state index >= 15 is 0 Å². The van der Waals surface area contributed by atoms with Crippen LogP contribution in [0.3, 0.4) is 0 Å². The third-order valence-electron chi connectivity index (χ3n) is 4.28. The highest BCUT2D eigenvalue weighted by atomic mass is 16.5. The van der Waals surface area contributed by atoms with Crippen LogP contribution in [0.25, 0.3) is 0 Å². The normalized spacial score (nSPS) is 23.1. The number of aliphatic hydroxyl groups is 1. The predicted molar refractivity (Wildman–Crippen MR) is 90.1 cm³/mol. The average molecular weight is 320 g/mol. The lowest BCUT2D eigenvalue weighted by Crippen LogP contribution is -2.51. The first-order valence-corrected chi connectivity index (χ1v) is 8.30. The molecule has 2 rings (SSSR count). The van der Waals surface area contributed by atoms with Crippen LogP contribution in [0.15, 0.2) is 30.3 Å². The fourth-order valence-corrected chi connectivity index (χ4v) is 3.24. The van der Waals surface area contributed by atoms with Gasteiger partial charge in [0, 0.05) is 25.7 Å². The van der Waals surface area contributed by atoms with E-state index in [1.54, 1.807) is 0 Å². The number of carbonyl (C=O) groups excluding carboxylic acids is 1. The Hall–Kier alpha value is -1.43. The van der Waals surface area contributed by atoms with Crippen LogP contribution in [0.1, 0.15) is 31.9 Å². The summed E-state index contributed by atoms with van der Waals surface area (Å²) in [4.78, 5) is 16.5. The molecule has 1 aromatic carbocycles. The number of morpholine rings is 1. The van der Waals surface area contributed by atoms with Crippen LogP contribution < -0.4 is 0 Å². The Balaban J connectivity index is 2.00. The number of nitrogens with zero attached hydrogens (tertiary/aromatic N) is 2. The number of benzene rings is 1. The number of rotatable bonds is 6. The van der Waals surface area contributed by atoms with Crippen molar-refractivity contribution in [3.8, 4) is 0 Å². The first kappa shape index (κ1) is 17.9. The summed E-state index contributed by atoms with van der Waals surface area (Å²) >= 11 is 0. The van der Waals surface area contributed by atoms with Gasteiger partial charge in [-0.1, -0.05) is 30.3 Å². The van der Waals surface area contributed by atoms with Gasteiger partial charge in [0.15, 0.2) is 0 Å². The Kier molecular flexibility index (Phi) is 6.57. The zero-order valence-corrected chi connectivity index (χ0v) is 14.3. The number of likely N-dealkylation sites (N-methyl/N-ethyl adjacent to an activating group) is 1. The first-order chi connectivity index (χ1) is 11.0. The molecule has 5 heteroatoms. The summed E-state index contributed by atoms with van der Waals surface area (Å²) in [5.74, 6) is 0.119. The zero-order valence-electron chi connectivity index (χ0n) is 14.3. The molecule has 0 saturated carbocycles. The molecule has 1 aromatic rings. The van der Waals surface area contributed by atoms with Crippen LogP contribution in [-0.4, -0.2) is 66.3 Å². The molecule has 1 aliphatic heterocycles. The van der Waals surface area contributed by atoms with Gasteiger partial charge < -0.3 is 14.7 Å². The van der Waals surface area contributed by atoms with Gasteiger partial charge in [0.2, 0.25) is 5.91 Å². The molecule has 1 N–H and O–H groups in total. The van der Waals surface area contributed by atoms with Crippen molar-refractivity contribution in [2.75, 3.05) is 33.3 Å². The van der Waals surface area contributed by atoms with E-state index in [1.165, 1.54) is 0 Å². The Morgan fingerprint density at radius 3 is 2.48 bits per heavy atom. The summed E-state index contributed by atoms with van der Waals surface area (Å²) < 4.78 is 5.69. The zero-order chi connectivity index (χ0) is 16.8. The van der Waals surface area contributed by atoms with E-state index in [2.05, 4.69) is 0 Å². The molecule has 1 amide bonds. The minimum atomic E-state index is 0.0426. The molecule has 0 aromatic heterocycles. The van der Waals surface area contributed by atoms with E-state index in [-0.39, 0.29) is 30.8 Å². The first-order valence-electron chi connectivity index (χ1n) is 8.30.